The lowest BCUT2D eigenvalue weighted by Gasteiger charge is -2.33. The van der Waals surface area contributed by atoms with Crippen LogP contribution in [0.5, 0.6) is 0 Å². The predicted molar refractivity (Wildman–Crippen MR) is 222 cm³/mol. The van der Waals surface area contributed by atoms with Gasteiger partial charge in [-0.05, 0) is 12.8 Å². The maximum atomic E-state index is 9.40. The third-order valence-corrected chi connectivity index (χ3v) is 10.1. The average molecular weight is 761 g/mol. The van der Waals surface area contributed by atoms with E-state index in [1.807, 2.05) is 0 Å². The summed E-state index contributed by atoms with van der Waals surface area (Å²) in [6, 6.07) is 0. The van der Waals surface area contributed by atoms with Gasteiger partial charge in [-0.3, -0.25) is 0 Å². The smallest absolute Gasteiger partial charge is 0.0701 e. The summed E-state index contributed by atoms with van der Waals surface area (Å²) in [7, 11) is 0. The minimum absolute atomic E-state index is 0.0110. The highest BCUT2D eigenvalue weighted by Crippen LogP contribution is 2.22. The molecule has 0 saturated carbocycles. The van der Waals surface area contributed by atoms with Crippen LogP contribution in [0.25, 0.3) is 0 Å². The number of aliphatic hydroxyl groups excluding tert-OH is 2. The lowest BCUT2D eigenvalue weighted by atomic mass is 9.92. The molecule has 0 bridgehead atoms. The van der Waals surface area contributed by atoms with Gasteiger partial charge in [0.2, 0.25) is 0 Å². The van der Waals surface area contributed by atoms with E-state index in [1.54, 1.807) is 0 Å². The molecule has 53 heavy (non-hydrogen) atoms. The van der Waals surface area contributed by atoms with E-state index < -0.39 is 5.41 Å². The molecule has 0 rings (SSSR count). The van der Waals surface area contributed by atoms with Crippen LogP contribution in [-0.4, -0.2) is 103 Å². The molecule has 0 aromatic rings. The topological polar surface area (TPSA) is 95.8 Å². The Morgan fingerprint density at radius 3 is 0.811 bits per heavy atom. The first-order valence-corrected chi connectivity index (χ1v) is 22.9. The van der Waals surface area contributed by atoms with Crippen molar-refractivity contribution >= 4 is 0 Å². The van der Waals surface area contributed by atoms with Crippen LogP contribution >= 0.6 is 0 Å². The molecule has 0 atom stereocenters. The van der Waals surface area contributed by atoms with E-state index in [-0.39, 0.29) is 19.8 Å². The van der Waals surface area contributed by atoms with E-state index in [4.69, 9.17) is 33.5 Å². The van der Waals surface area contributed by atoms with E-state index in [2.05, 4.69) is 13.8 Å². The Bertz CT molecular complexity index is 616. The van der Waals surface area contributed by atoms with Crippen molar-refractivity contribution in [2.24, 2.45) is 5.41 Å². The number of unbranched alkanes of at least 4 members (excludes halogenated alkanes) is 26. The predicted octanol–water partition coefficient (Wildman–Crippen LogP) is 11.0. The molecule has 0 aromatic heterocycles. The lowest BCUT2D eigenvalue weighted by molar-refractivity contribution is -0.114. The largest absolute Gasteiger partial charge is 0.394 e. The fraction of sp³-hybridized carbons (Fsp3) is 1.00. The lowest BCUT2D eigenvalue weighted by Crippen LogP contribution is -2.42. The number of aliphatic hydroxyl groups is 2. The highest BCUT2D eigenvalue weighted by Gasteiger charge is 2.32. The van der Waals surface area contributed by atoms with Crippen LogP contribution in [0.2, 0.25) is 0 Å². The highest BCUT2D eigenvalue weighted by molar-refractivity contribution is 4.79. The fourth-order valence-electron chi connectivity index (χ4n) is 6.77. The van der Waals surface area contributed by atoms with Crippen molar-refractivity contribution in [1.82, 2.24) is 0 Å². The van der Waals surface area contributed by atoms with Crippen molar-refractivity contribution in [2.75, 3.05) is 92.5 Å². The van der Waals surface area contributed by atoms with Gasteiger partial charge in [0.25, 0.3) is 0 Å². The number of rotatable bonds is 48. The van der Waals surface area contributed by atoms with Gasteiger partial charge in [0.05, 0.1) is 84.7 Å². The molecule has 0 unspecified atom stereocenters. The summed E-state index contributed by atoms with van der Waals surface area (Å²) in [6.07, 6.45) is 37.6. The molecule has 0 saturated heterocycles. The van der Waals surface area contributed by atoms with Crippen molar-refractivity contribution in [1.29, 1.82) is 0 Å². The number of hydrogen-bond donors (Lipinski definition) is 2. The normalized spacial score (nSPS) is 12.0. The molecule has 8 nitrogen and oxygen atoms in total. The molecule has 0 spiro atoms. The summed E-state index contributed by atoms with van der Waals surface area (Å²) < 4.78 is 35.4. The van der Waals surface area contributed by atoms with Crippen LogP contribution in [0.1, 0.15) is 194 Å². The third kappa shape index (κ3) is 41.1. The maximum absolute atomic E-state index is 9.40. The van der Waals surface area contributed by atoms with Crippen molar-refractivity contribution < 1.29 is 38.6 Å². The molecular formula is C45H92O8. The van der Waals surface area contributed by atoms with Gasteiger partial charge in [-0.1, -0.05) is 181 Å². The Morgan fingerprint density at radius 2 is 0.491 bits per heavy atom. The summed E-state index contributed by atoms with van der Waals surface area (Å²) in [5.41, 5.74) is -0.439. The summed E-state index contributed by atoms with van der Waals surface area (Å²) >= 11 is 0. The molecule has 0 aliphatic carbocycles. The van der Waals surface area contributed by atoms with Gasteiger partial charge in [-0.15, -0.1) is 0 Å². The Labute approximate surface area is 329 Å². The van der Waals surface area contributed by atoms with Crippen LogP contribution in [0.3, 0.4) is 0 Å². The SMILES string of the molecule is CCCCCCCCCCCCCCCCOCC(COCCO)(COCCCCCCCCCCCCCCCC)COCCOCCOCCO. The summed E-state index contributed by atoms with van der Waals surface area (Å²) in [5, 5.41) is 18.2. The quantitative estimate of drug-likeness (QED) is 0.0592. The van der Waals surface area contributed by atoms with Gasteiger partial charge in [0.1, 0.15) is 0 Å². The van der Waals surface area contributed by atoms with Crippen LogP contribution < -0.4 is 0 Å². The molecule has 0 amide bonds. The number of hydrogen-bond acceptors (Lipinski definition) is 8. The second-order valence-electron chi connectivity index (χ2n) is 15.6. The van der Waals surface area contributed by atoms with E-state index in [0.717, 1.165) is 26.1 Å². The molecule has 0 radical (unpaired) electrons. The molecule has 0 heterocycles. The summed E-state index contributed by atoms with van der Waals surface area (Å²) in [4.78, 5) is 0. The van der Waals surface area contributed by atoms with Gasteiger partial charge in [-0.2, -0.15) is 0 Å². The first-order valence-electron chi connectivity index (χ1n) is 22.9. The summed E-state index contributed by atoms with van der Waals surface area (Å²) in [6.45, 7) is 10.4. The molecular weight excluding hydrogens is 668 g/mol. The first-order chi connectivity index (χ1) is 26.2. The van der Waals surface area contributed by atoms with Crippen molar-refractivity contribution in [3.63, 3.8) is 0 Å². The molecule has 320 valence electrons. The Hall–Kier alpha value is -0.320. The van der Waals surface area contributed by atoms with E-state index in [0.29, 0.717) is 59.5 Å². The second-order valence-corrected chi connectivity index (χ2v) is 15.6. The van der Waals surface area contributed by atoms with Gasteiger partial charge < -0.3 is 38.6 Å². The van der Waals surface area contributed by atoms with Crippen molar-refractivity contribution in [2.45, 2.75) is 194 Å². The maximum Gasteiger partial charge on any atom is 0.0701 e. The molecule has 2 N–H and O–H groups in total. The minimum Gasteiger partial charge on any atom is -0.394 e. The zero-order valence-corrected chi connectivity index (χ0v) is 35.5. The van der Waals surface area contributed by atoms with Crippen molar-refractivity contribution in [3.05, 3.63) is 0 Å². The third-order valence-electron chi connectivity index (χ3n) is 10.1. The molecule has 0 fully saturated rings. The standard InChI is InChI=1S/C45H92O8/c1-3-5-7-9-11-13-15-17-19-21-23-25-27-29-33-50-41-45(43-52-36-32-47,44-53-40-39-49-38-37-48-35-31-46)42-51-34-30-28-26-24-22-20-18-16-14-12-10-8-6-4-2/h46-47H,3-44H2,1-2H3. The Kier molecular flexibility index (Phi) is 45.8. The van der Waals surface area contributed by atoms with Gasteiger partial charge in [-0.25, -0.2) is 0 Å². The molecule has 0 aliphatic rings. The minimum atomic E-state index is -0.439. The first kappa shape index (κ1) is 52.7. The number of ether oxygens (including phenoxy) is 6. The van der Waals surface area contributed by atoms with Gasteiger partial charge in [0, 0.05) is 13.2 Å². The highest BCUT2D eigenvalue weighted by atomic mass is 16.6. The monoisotopic (exact) mass is 761 g/mol. The van der Waals surface area contributed by atoms with Crippen LogP contribution in [0.4, 0.5) is 0 Å². The second kappa shape index (κ2) is 46.1. The van der Waals surface area contributed by atoms with Crippen LogP contribution in [0.15, 0.2) is 0 Å². The van der Waals surface area contributed by atoms with Crippen LogP contribution in [0, 0.1) is 5.41 Å². The van der Waals surface area contributed by atoms with E-state index in [1.165, 1.54) is 167 Å². The Balaban J connectivity index is 4.42. The van der Waals surface area contributed by atoms with Gasteiger partial charge >= 0.3 is 0 Å². The molecule has 0 aliphatic heterocycles. The molecule has 8 heteroatoms. The molecule has 0 aromatic carbocycles. The van der Waals surface area contributed by atoms with Crippen molar-refractivity contribution in [3.8, 4) is 0 Å². The summed E-state index contributed by atoms with van der Waals surface area (Å²) in [5.74, 6) is 0. The fourth-order valence-corrected chi connectivity index (χ4v) is 6.77. The van der Waals surface area contributed by atoms with E-state index >= 15 is 0 Å². The van der Waals surface area contributed by atoms with Crippen LogP contribution in [-0.2, 0) is 28.4 Å². The Morgan fingerprint density at radius 1 is 0.264 bits per heavy atom. The van der Waals surface area contributed by atoms with E-state index in [9.17, 15) is 5.11 Å². The van der Waals surface area contributed by atoms with Gasteiger partial charge in [0.15, 0.2) is 0 Å². The zero-order chi connectivity index (χ0) is 38.4. The zero-order valence-electron chi connectivity index (χ0n) is 35.5. The average Bonchev–Trinajstić information content (AvgIpc) is 3.17.